The quantitative estimate of drug-likeness (QED) is 0.521. The molecule has 0 aliphatic carbocycles. The molecule has 0 fully saturated rings. The molecule has 104 valence electrons. The molecule has 0 aliphatic heterocycles. The summed E-state index contributed by atoms with van der Waals surface area (Å²) in [5.41, 5.74) is 0.306. The molecule has 0 aliphatic rings. The summed E-state index contributed by atoms with van der Waals surface area (Å²) in [6.45, 7) is 2.05. The van der Waals surface area contributed by atoms with Crippen LogP contribution in [0, 0.1) is 3.57 Å². The lowest BCUT2D eigenvalue weighted by molar-refractivity contribution is -0.131. The van der Waals surface area contributed by atoms with Crippen molar-refractivity contribution in [3.63, 3.8) is 0 Å². The van der Waals surface area contributed by atoms with E-state index >= 15 is 0 Å². The minimum Gasteiger partial charge on any atom is -0.508 e. The maximum absolute atomic E-state index is 10.5. The average Bonchev–Trinajstić information content (AvgIpc) is 2.36. The highest BCUT2D eigenvalue weighted by Gasteiger charge is 2.22. The Morgan fingerprint density at radius 2 is 2.21 bits per heavy atom. The predicted octanol–water partition coefficient (Wildman–Crippen LogP) is 2.08. The van der Waals surface area contributed by atoms with E-state index in [0.717, 1.165) is 9.65 Å². The third-order valence-electron chi connectivity index (χ3n) is 2.41. The zero-order chi connectivity index (χ0) is 14.4. The third kappa shape index (κ3) is 4.81. The number of phenols is 1. The van der Waals surface area contributed by atoms with Crippen molar-refractivity contribution in [2.75, 3.05) is 6.61 Å². The highest BCUT2D eigenvalue weighted by molar-refractivity contribution is 14.1. The standard InChI is InChI=1S/C13H15IO5/c1-2-19-11(5-6-12(16)17)13(18)9-7-8(14)3-4-10(9)15/h3-7,11,13,15,18H,2H2,1H3,(H,16,17)/b6-5+/t11-,13-/m0/s1. The number of halogens is 1. The van der Waals surface area contributed by atoms with Crippen LogP contribution in [-0.4, -0.2) is 34.0 Å². The number of aromatic hydroxyl groups is 1. The van der Waals surface area contributed by atoms with Gasteiger partial charge in [0.1, 0.15) is 18.0 Å². The highest BCUT2D eigenvalue weighted by atomic mass is 127. The molecule has 0 saturated carbocycles. The monoisotopic (exact) mass is 378 g/mol. The first-order valence-electron chi connectivity index (χ1n) is 5.65. The van der Waals surface area contributed by atoms with Crippen molar-refractivity contribution < 1.29 is 24.9 Å². The van der Waals surface area contributed by atoms with Crippen LogP contribution >= 0.6 is 22.6 Å². The smallest absolute Gasteiger partial charge is 0.328 e. The van der Waals surface area contributed by atoms with Crippen LogP contribution in [0.2, 0.25) is 0 Å². The molecule has 3 N–H and O–H groups in total. The maximum Gasteiger partial charge on any atom is 0.328 e. The SMILES string of the molecule is CCO[C@@H](/C=C/C(=O)O)[C@@H](O)c1cc(I)ccc1O. The predicted molar refractivity (Wildman–Crippen MR) is 78.0 cm³/mol. The van der Waals surface area contributed by atoms with Crippen LogP contribution in [0.15, 0.2) is 30.4 Å². The second-order valence-corrected chi connectivity index (χ2v) is 5.01. The normalized spacial score (nSPS) is 14.5. The Morgan fingerprint density at radius 3 is 2.79 bits per heavy atom. The lowest BCUT2D eigenvalue weighted by Gasteiger charge is -2.21. The first-order valence-corrected chi connectivity index (χ1v) is 6.72. The van der Waals surface area contributed by atoms with Crippen molar-refractivity contribution >= 4 is 28.6 Å². The molecule has 2 atom stereocenters. The summed E-state index contributed by atoms with van der Waals surface area (Å²) in [7, 11) is 0. The van der Waals surface area contributed by atoms with E-state index in [-0.39, 0.29) is 5.75 Å². The second kappa shape index (κ2) is 7.46. The summed E-state index contributed by atoms with van der Waals surface area (Å²) < 4.78 is 6.14. The first kappa shape index (κ1) is 15.9. The highest BCUT2D eigenvalue weighted by Crippen LogP contribution is 2.29. The molecule has 0 heterocycles. The molecule has 1 rings (SSSR count). The second-order valence-electron chi connectivity index (χ2n) is 3.77. The Morgan fingerprint density at radius 1 is 1.53 bits per heavy atom. The Hall–Kier alpha value is -1.12. The summed E-state index contributed by atoms with van der Waals surface area (Å²) in [5, 5.41) is 28.5. The number of carbonyl (C=O) groups is 1. The van der Waals surface area contributed by atoms with Crippen molar-refractivity contribution in [2.45, 2.75) is 19.1 Å². The van der Waals surface area contributed by atoms with Gasteiger partial charge in [-0.1, -0.05) is 0 Å². The number of carboxylic acids is 1. The van der Waals surface area contributed by atoms with Crippen LogP contribution < -0.4 is 0 Å². The van der Waals surface area contributed by atoms with Gasteiger partial charge in [0.05, 0.1) is 0 Å². The van der Waals surface area contributed by atoms with E-state index < -0.39 is 18.2 Å². The molecular weight excluding hydrogens is 363 g/mol. The number of benzene rings is 1. The van der Waals surface area contributed by atoms with Crippen LogP contribution in [-0.2, 0) is 9.53 Å². The lowest BCUT2D eigenvalue weighted by Crippen LogP contribution is -2.20. The van der Waals surface area contributed by atoms with Gasteiger partial charge in [-0.2, -0.15) is 0 Å². The maximum atomic E-state index is 10.5. The Labute approximate surface area is 124 Å². The van der Waals surface area contributed by atoms with Crippen molar-refractivity contribution in [3.8, 4) is 5.75 Å². The number of aliphatic hydroxyl groups excluding tert-OH is 1. The molecular formula is C13H15IO5. The van der Waals surface area contributed by atoms with Gasteiger partial charge in [-0.15, -0.1) is 0 Å². The molecule has 0 spiro atoms. The fourth-order valence-electron chi connectivity index (χ4n) is 1.56. The lowest BCUT2D eigenvalue weighted by atomic mass is 10.0. The number of ether oxygens (including phenoxy) is 1. The molecule has 1 aromatic carbocycles. The van der Waals surface area contributed by atoms with Gasteiger partial charge >= 0.3 is 5.97 Å². The van der Waals surface area contributed by atoms with Crippen molar-refractivity contribution in [1.82, 2.24) is 0 Å². The summed E-state index contributed by atoms with van der Waals surface area (Å²) >= 11 is 2.06. The van der Waals surface area contributed by atoms with Crippen molar-refractivity contribution in [1.29, 1.82) is 0 Å². The van der Waals surface area contributed by atoms with Gasteiger partial charge in [0.15, 0.2) is 0 Å². The number of phenolic OH excluding ortho intramolecular Hbond substituents is 1. The van der Waals surface area contributed by atoms with Gasteiger partial charge in [0.25, 0.3) is 0 Å². The van der Waals surface area contributed by atoms with E-state index in [2.05, 4.69) is 22.6 Å². The Balaban J connectivity index is 3.01. The molecule has 0 radical (unpaired) electrons. The fraction of sp³-hybridized carbons (Fsp3) is 0.308. The van der Waals surface area contributed by atoms with Gasteiger partial charge in [0, 0.05) is 21.8 Å². The van der Waals surface area contributed by atoms with Crippen LogP contribution in [0.5, 0.6) is 5.75 Å². The van der Waals surface area contributed by atoms with Gasteiger partial charge in [0.2, 0.25) is 0 Å². The van der Waals surface area contributed by atoms with E-state index in [1.54, 1.807) is 19.1 Å². The number of rotatable bonds is 6. The van der Waals surface area contributed by atoms with Gasteiger partial charge < -0.3 is 20.1 Å². The average molecular weight is 378 g/mol. The van der Waals surface area contributed by atoms with E-state index in [1.165, 1.54) is 12.1 Å². The van der Waals surface area contributed by atoms with Crippen LogP contribution in [0.4, 0.5) is 0 Å². The Bertz CT molecular complexity index is 472. The van der Waals surface area contributed by atoms with E-state index in [9.17, 15) is 15.0 Å². The topological polar surface area (TPSA) is 87.0 Å². The van der Waals surface area contributed by atoms with Gasteiger partial charge in [-0.3, -0.25) is 0 Å². The first-order chi connectivity index (χ1) is 8.95. The summed E-state index contributed by atoms with van der Waals surface area (Å²) in [5.74, 6) is -1.18. The minimum absolute atomic E-state index is 0.0543. The van der Waals surface area contributed by atoms with Crippen molar-refractivity contribution in [3.05, 3.63) is 39.5 Å². The molecule has 1 aromatic rings. The number of aliphatic hydroxyl groups is 1. The summed E-state index contributed by atoms with van der Waals surface area (Å²) in [4.78, 5) is 10.5. The number of aliphatic carboxylic acids is 1. The molecule has 0 unspecified atom stereocenters. The molecule has 0 aromatic heterocycles. The van der Waals surface area contributed by atoms with Crippen LogP contribution in [0.1, 0.15) is 18.6 Å². The van der Waals surface area contributed by atoms with Crippen LogP contribution in [0.3, 0.4) is 0 Å². The van der Waals surface area contributed by atoms with E-state index in [0.29, 0.717) is 12.2 Å². The van der Waals surface area contributed by atoms with E-state index in [1.807, 2.05) is 0 Å². The van der Waals surface area contributed by atoms with Gasteiger partial charge in [-0.05, 0) is 53.8 Å². The molecule has 6 heteroatoms. The third-order valence-corrected chi connectivity index (χ3v) is 3.08. The molecule has 19 heavy (non-hydrogen) atoms. The van der Waals surface area contributed by atoms with E-state index in [4.69, 9.17) is 9.84 Å². The largest absolute Gasteiger partial charge is 0.508 e. The molecule has 0 amide bonds. The zero-order valence-electron chi connectivity index (χ0n) is 10.3. The van der Waals surface area contributed by atoms with Gasteiger partial charge in [-0.25, -0.2) is 4.79 Å². The molecule has 0 saturated heterocycles. The zero-order valence-corrected chi connectivity index (χ0v) is 12.4. The fourth-order valence-corrected chi connectivity index (χ4v) is 2.08. The Kier molecular flexibility index (Phi) is 6.26. The summed E-state index contributed by atoms with van der Waals surface area (Å²) in [6.07, 6.45) is 0.208. The number of hydrogen-bond acceptors (Lipinski definition) is 4. The molecule has 5 nitrogen and oxygen atoms in total. The summed E-state index contributed by atoms with van der Waals surface area (Å²) in [6, 6.07) is 4.81. The number of carboxylic acid groups (broad SMARTS) is 1. The van der Waals surface area contributed by atoms with Crippen molar-refractivity contribution in [2.24, 2.45) is 0 Å². The number of hydrogen-bond donors (Lipinski definition) is 3. The minimum atomic E-state index is -1.13. The van der Waals surface area contributed by atoms with Crippen LogP contribution in [0.25, 0.3) is 0 Å². The molecule has 0 bridgehead atoms.